The first kappa shape index (κ1) is 19.2. The lowest BCUT2D eigenvalue weighted by Gasteiger charge is -2.29. The number of nitrogens with one attached hydrogen (secondary N) is 1. The SMILES string of the molecule is CCOC(=O)c1cnc2ccc(C)cc2c1Nc1ccc(N2CCCCC2)cc1. The number of benzene rings is 2. The number of carbonyl (C=O) groups is 1. The van der Waals surface area contributed by atoms with Crippen LogP contribution in [0.2, 0.25) is 0 Å². The molecule has 0 saturated carbocycles. The van der Waals surface area contributed by atoms with E-state index in [0.29, 0.717) is 12.2 Å². The lowest BCUT2D eigenvalue weighted by atomic mass is 10.1. The van der Waals surface area contributed by atoms with E-state index in [2.05, 4.69) is 45.5 Å². The fraction of sp³-hybridized carbons (Fsp3) is 0.333. The van der Waals surface area contributed by atoms with E-state index in [9.17, 15) is 4.79 Å². The van der Waals surface area contributed by atoms with Gasteiger partial charge < -0.3 is 15.0 Å². The van der Waals surface area contributed by atoms with E-state index >= 15 is 0 Å². The van der Waals surface area contributed by atoms with E-state index in [1.54, 1.807) is 6.20 Å². The maximum Gasteiger partial charge on any atom is 0.341 e. The molecule has 0 aliphatic carbocycles. The summed E-state index contributed by atoms with van der Waals surface area (Å²) >= 11 is 0. The molecule has 0 bridgehead atoms. The van der Waals surface area contributed by atoms with Crippen LogP contribution in [0.1, 0.15) is 42.1 Å². The quantitative estimate of drug-likeness (QED) is 0.588. The number of piperidine rings is 1. The molecule has 5 nitrogen and oxygen atoms in total. The maximum absolute atomic E-state index is 12.5. The van der Waals surface area contributed by atoms with Gasteiger partial charge in [-0.3, -0.25) is 4.98 Å². The summed E-state index contributed by atoms with van der Waals surface area (Å²) in [6, 6.07) is 14.5. The Balaban J connectivity index is 1.69. The second-order valence-corrected chi connectivity index (χ2v) is 7.51. The summed E-state index contributed by atoms with van der Waals surface area (Å²) in [5, 5.41) is 4.37. The first-order valence-corrected chi connectivity index (χ1v) is 10.3. The van der Waals surface area contributed by atoms with Crippen molar-refractivity contribution in [2.24, 2.45) is 0 Å². The topological polar surface area (TPSA) is 54.5 Å². The van der Waals surface area contributed by atoms with Gasteiger partial charge in [0.05, 0.1) is 17.8 Å². The molecule has 1 N–H and O–H groups in total. The van der Waals surface area contributed by atoms with Crippen molar-refractivity contribution in [3.63, 3.8) is 0 Å². The third kappa shape index (κ3) is 4.19. The van der Waals surface area contributed by atoms with Crippen LogP contribution in [-0.2, 0) is 4.74 Å². The summed E-state index contributed by atoms with van der Waals surface area (Å²) in [6.45, 7) is 6.41. The van der Waals surface area contributed by atoms with Gasteiger partial charge in [-0.1, -0.05) is 11.6 Å². The molecule has 1 aliphatic rings. The third-order valence-electron chi connectivity index (χ3n) is 5.38. The standard InChI is InChI=1S/C24H27N3O2/c1-3-29-24(28)21-16-25-22-12-7-17(2)15-20(22)23(21)26-18-8-10-19(11-9-18)27-13-5-4-6-14-27/h7-12,15-16H,3-6,13-14H2,1-2H3,(H,25,26). The Morgan fingerprint density at radius 1 is 1.10 bits per heavy atom. The van der Waals surface area contributed by atoms with Gasteiger partial charge in [-0.15, -0.1) is 0 Å². The number of aromatic nitrogens is 1. The van der Waals surface area contributed by atoms with Crippen LogP contribution >= 0.6 is 0 Å². The maximum atomic E-state index is 12.5. The van der Waals surface area contributed by atoms with Gasteiger partial charge in [0.2, 0.25) is 0 Å². The Bertz CT molecular complexity index is 1010. The Morgan fingerprint density at radius 3 is 2.59 bits per heavy atom. The minimum Gasteiger partial charge on any atom is -0.462 e. The Labute approximate surface area is 171 Å². The summed E-state index contributed by atoms with van der Waals surface area (Å²) in [5.41, 5.74) is 5.33. The average molecular weight is 389 g/mol. The highest BCUT2D eigenvalue weighted by Gasteiger charge is 2.17. The van der Waals surface area contributed by atoms with Crippen LogP contribution in [0.25, 0.3) is 10.9 Å². The van der Waals surface area contributed by atoms with Crippen molar-refractivity contribution >= 4 is 33.9 Å². The second-order valence-electron chi connectivity index (χ2n) is 7.51. The number of carbonyl (C=O) groups excluding carboxylic acids is 1. The van der Waals surface area contributed by atoms with Crippen molar-refractivity contribution in [2.75, 3.05) is 29.9 Å². The van der Waals surface area contributed by atoms with E-state index in [0.717, 1.165) is 40.9 Å². The molecule has 0 spiro atoms. The summed E-state index contributed by atoms with van der Waals surface area (Å²) in [4.78, 5) is 19.4. The van der Waals surface area contributed by atoms with Crippen molar-refractivity contribution in [3.8, 4) is 0 Å². The van der Waals surface area contributed by atoms with Gasteiger partial charge in [0.25, 0.3) is 0 Å². The highest BCUT2D eigenvalue weighted by molar-refractivity contribution is 6.06. The first-order chi connectivity index (χ1) is 14.2. The number of hydrogen-bond acceptors (Lipinski definition) is 5. The number of hydrogen-bond donors (Lipinski definition) is 1. The largest absolute Gasteiger partial charge is 0.462 e. The molecule has 0 radical (unpaired) electrons. The number of ether oxygens (including phenoxy) is 1. The highest BCUT2D eigenvalue weighted by Crippen LogP contribution is 2.31. The number of esters is 1. The van der Waals surface area contributed by atoms with Gasteiger partial charge in [-0.25, -0.2) is 4.79 Å². The number of anilines is 3. The molecular formula is C24H27N3O2. The molecular weight excluding hydrogens is 362 g/mol. The molecule has 0 unspecified atom stereocenters. The number of aryl methyl sites for hydroxylation is 1. The van der Waals surface area contributed by atoms with Crippen molar-refractivity contribution in [2.45, 2.75) is 33.1 Å². The fourth-order valence-corrected chi connectivity index (χ4v) is 3.86. The van der Waals surface area contributed by atoms with E-state index < -0.39 is 0 Å². The van der Waals surface area contributed by atoms with Crippen LogP contribution in [0.5, 0.6) is 0 Å². The molecule has 29 heavy (non-hydrogen) atoms. The molecule has 0 atom stereocenters. The molecule has 5 heteroatoms. The van der Waals surface area contributed by atoms with Crippen molar-refractivity contribution < 1.29 is 9.53 Å². The van der Waals surface area contributed by atoms with Crippen LogP contribution < -0.4 is 10.2 Å². The minimum absolute atomic E-state index is 0.328. The Morgan fingerprint density at radius 2 is 1.86 bits per heavy atom. The van der Waals surface area contributed by atoms with Crippen LogP contribution in [0, 0.1) is 6.92 Å². The van der Waals surface area contributed by atoms with Crippen molar-refractivity contribution in [3.05, 3.63) is 59.8 Å². The molecule has 150 valence electrons. The zero-order chi connectivity index (χ0) is 20.2. The van der Waals surface area contributed by atoms with Crippen LogP contribution in [-0.4, -0.2) is 30.6 Å². The van der Waals surface area contributed by atoms with Gasteiger partial charge in [0, 0.05) is 36.0 Å². The van der Waals surface area contributed by atoms with Gasteiger partial charge in [0.15, 0.2) is 0 Å². The molecule has 1 saturated heterocycles. The Kier molecular flexibility index (Phi) is 5.65. The van der Waals surface area contributed by atoms with Crippen LogP contribution in [0.15, 0.2) is 48.7 Å². The first-order valence-electron chi connectivity index (χ1n) is 10.3. The van der Waals surface area contributed by atoms with Gasteiger partial charge in [0.1, 0.15) is 5.56 Å². The van der Waals surface area contributed by atoms with Crippen molar-refractivity contribution in [1.29, 1.82) is 0 Å². The normalized spacial score (nSPS) is 14.1. The molecule has 0 amide bonds. The minimum atomic E-state index is -0.365. The van der Waals surface area contributed by atoms with Gasteiger partial charge >= 0.3 is 5.97 Å². The van der Waals surface area contributed by atoms with E-state index in [1.165, 1.54) is 24.9 Å². The number of pyridine rings is 1. The number of fused-ring (bicyclic) bond motifs is 1. The van der Waals surface area contributed by atoms with E-state index in [1.807, 2.05) is 26.0 Å². The summed E-state index contributed by atoms with van der Waals surface area (Å²) in [6.07, 6.45) is 5.43. The molecule has 1 fully saturated rings. The fourth-order valence-electron chi connectivity index (χ4n) is 3.86. The Hall–Kier alpha value is -3.08. The monoisotopic (exact) mass is 389 g/mol. The molecule has 1 aromatic heterocycles. The molecule has 4 rings (SSSR count). The van der Waals surface area contributed by atoms with E-state index in [4.69, 9.17) is 4.74 Å². The number of nitrogens with zero attached hydrogens (tertiary/aromatic N) is 2. The number of rotatable bonds is 5. The lowest BCUT2D eigenvalue weighted by Crippen LogP contribution is -2.29. The van der Waals surface area contributed by atoms with Gasteiger partial charge in [-0.05, 0) is 69.5 Å². The second kappa shape index (κ2) is 8.52. The highest BCUT2D eigenvalue weighted by atomic mass is 16.5. The summed E-state index contributed by atoms with van der Waals surface area (Å²) in [7, 11) is 0. The van der Waals surface area contributed by atoms with Crippen LogP contribution in [0.4, 0.5) is 17.1 Å². The summed E-state index contributed by atoms with van der Waals surface area (Å²) < 4.78 is 5.26. The molecule has 1 aliphatic heterocycles. The third-order valence-corrected chi connectivity index (χ3v) is 5.38. The summed E-state index contributed by atoms with van der Waals surface area (Å²) in [5.74, 6) is -0.365. The van der Waals surface area contributed by atoms with Gasteiger partial charge in [-0.2, -0.15) is 0 Å². The molecule has 3 aromatic rings. The molecule has 2 heterocycles. The lowest BCUT2D eigenvalue weighted by molar-refractivity contribution is 0.0527. The van der Waals surface area contributed by atoms with Crippen molar-refractivity contribution in [1.82, 2.24) is 4.98 Å². The molecule has 2 aromatic carbocycles. The predicted molar refractivity (Wildman–Crippen MR) is 118 cm³/mol. The zero-order valence-corrected chi connectivity index (χ0v) is 17.1. The van der Waals surface area contributed by atoms with E-state index in [-0.39, 0.29) is 5.97 Å². The van der Waals surface area contributed by atoms with Crippen LogP contribution in [0.3, 0.4) is 0 Å². The smallest absolute Gasteiger partial charge is 0.341 e. The predicted octanol–water partition coefficient (Wildman–Crippen LogP) is 5.45. The zero-order valence-electron chi connectivity index (χ0n) is 17.1. The average Bonchev–Trinajstić information content (AvgIpc) is 2.75.